The summed E-state index contributed by atoms with van der Waals surface area (Å²) in [5.41, 5.74) is 6.06. The highest BCUT2D eigenvalue weighted by Gasteiger charge is 2.36. The zero-order valence-corrected chi connectivity index (χ0v) is 13.6. The molecule has 21 heavy (non-hydrogen) atoms. The van der Waals surface area contributed by atoms with Crippen molar-refractivity contribution in [2.24, 2.45) is 5.92 Å². The maximum Gasteiger partial charge on any atom is 0.252 e. The Balaban J connectivity index is 1.73. The van der Waals surface area contributed by atoms with Crippen molar-refractivity contribution in [2.45, 2.75) is 30.0 Å². The van der Waals surface area contributed by atoms with Gasteiger partial charge in [-0.2, -0.15) is 4.31 Å². The van der Waals surface area contributed by atoms with Gasteiger partial charge < -0.3 is 10.2 Å². The van der Waals surface area contributed by atoms with Gasteiger partial charge in [-0.1, -0.05) is 6.92 Å². The van der Waals surface area contributed by atoms with Gasteiger partial charge in [0.1, 0.15) is 15.7 Å². The fraction of sp³-hybridized carbons (Fsp3) is 0.429. The van der Waals surface area contributed by atoms with E-state index < -0.39 is 10.0 Å². The van der Waals surface area contributed by atoms with Crippen molar-refractivity contribution in [2.75, 3.05) is 12.8 Å². The van der Waals surface area contributed by atoms with Gasteiger partial charge in [-0.3, -0.25) is 0 Å². The summed E-state index contributed by atoms with van der Waals surface area (Å²) in [7, 11) is -1.96. The van der Waals surface area contributed by atoms with Crippen LogP contribution >= 0.6 is 11.3 Å². The summed E-state index contributed by atoms with van der Waals surface area (Å²) >= 11 is 1.13. The van der Waals surface area contributed by atoms with Crippen molar-refractivity contribution >= 4 is 27.0 Å². The van der Waals surface area contributed by atoms with E-state index in [1.165, 1.54) is 10.4 Å². The molecule has 2 N–H and O–H groups in total. The highest BCUT2D eigenvalue weighted by Crippen LogP contribution is 2.47. The number of nitrogen functional groups attached to an aromatic ring is 1. The number of anilines is 1. The third-order valence-corrected chi connectivity index (χ3v) is 7.03. The number of nitrogens with two attached hydrogens (primary N) is 1. The number of nitrogens with zero attached hydrogens (tertiary/aromatic N) is 1. The Labute approximate surface area is 128 Å². The minimum Gasteiger partial charge on any atom is -0.464 e. The van der Waals surface area contributed by atoms with Gasteiger partial charge in [0.15, 0.2) is 0 Å². The van der Waals surface area contributed by atoms with E-state index in [-0.39, 0.29) is 10.8 Å². The molecule has 0 radical (unpaired) electrons. The molecule has 1 aliphatic rings. The molecule has 1 saturated carbocycles. The number of furan rings is 1. The molecule has 2 aromatic rings. The van der Waals surface area contributed by atoms with E-state index in [0.717, 1.165) is 23.5 Å². The van der Waals surface area contributed by atoms with Gasteiger partial charge in [0.05, 0.1) is 6.54 Å². The maximum atomic E-state index is 12.4. The Hall–Kier alpha value is -1.31. The Morgan fingerprint density at radius 3 is 2.76 bits per heavy atom. The second kappa shape index (κ2) is 5.15. The predicted octanol–water partition coefficient (Wildman–Crippen LogP) is 2.87. The standard InChI is InChI=1S/C14H18N2O3S2/c1-9-5-12(9)13-4-3-11(19-13)7-16(2)21(17,18)14-6-10(15)8-20-14/h3-4,6,8-9,12H,5,7,15H2,1-2H3. The molecule has 0 amide bonds. The lowest BCUT2D eigenvalue weighted by Gasteiger charge is -2.14. The third kappa shape index (κ3) is 2.86. The quantitative estimate of drug-likeness (QED) is 0.916. The lowest BCUT2D eigenvalue weighted by atomic mass is 10.3. The summed E-state index contributed by atoms with van der Waals surface area (Å²) in [6.07, 6.45) is 1.15. The molecule has 1 aliphatic carbocycles. The highest BCUT2D eigenvalue weighted by molar-refractivity contribution is 7.91. The molecule has 0 saturated heterocycles. The Morgan fingerprint density at radius 1 is 1.48 bits per heavy atom. The highest BCUT2D eigenvalue weighted by atomic mass is 32.2. The molecule has 0 aromatic carbocycles. The van der Waals surface area contributed by atoms with E-state index in [2.05, 4.69) is 6.92 Å². The number of sulfonamides is 1. The smallest absolute Gasteiger partial charge is 0.252 e. The average molecular weight is 326 g/mol. The molecule has 0 aliphatic heterocycles. The van der Waals surface area contributed by atoms with Gasteiger partial charge in [-0.25, -0.2) is 8.42 Å². The van der Waals surface area contributed by atoms with Crippen molar-refractivity contribution in [3.8, 4) is 0 Å². The lowest BCUT2D eigenvalue weighted by Crippen LogP contribution is -2.25. The van der Waals surface area contributed by atoms with Crippen LogP contribution in [0.1, 0.15) is 30.8 Å². The molecule has 2 atom stereocenters. The normalized spacial score (nSPS) is 21.9. The minimum absolute atomic E-state index is 0.223. The first-order valence-corrected chi connectivity index (χ1v) is 9.09. The Bertz CT molecular complexity index is 748. The Morgan fingerprint density at radius 2 is 2.19 bits per heavy atom. The molecule has 0 spiro atoms. The molecule has 114 valence electrons. The molecule has 5 nitrogen and oxygen atoms in total. The van der Waals surface area contributed by atoms with E-state index >= 15 is 0 Å². The number of thiophene rings is 1. The van der Waals surface area contributed by atoms with Crippen LogP contribution in [-0.2, 0) is 16.6 Å². The lowest BCUT2D eigenvalue weighted by molar-refractivity contribution is 0.390. The SMILES string of the molecule is CC1CC1c1ccc(CN(C)S(=O)(=O)c2cc(N)cs2)o1. The van der Waals surface area contributed by atoms with Crippen LogP contribution < -0.4 is 5.73 Å². The molecular weight excluding hydrogens is 308 g/mol. The summed E-state index contributed by atoms with van der Waals surface area (Å²) in [5.74, 6) is 2.79. The average Bonchev–Trinajstić information content (AvgIpc) is 2.82. The summed E-state index contributed by atoms with van der Waals surface area (Å²) in [5, 5.41) is 1.63. The van der Waals surface area contributed by atoms with Crippen LogP contribution in [0.15, 0.2) is 32.2 Å². The molecule has 2 aromatic heterocycles. The van der Waals surface area contributed by atoms with Crippen LogP contribution in [0, 0.1) is 5.92 Å². The Kier molecular flexibility index (Phi) is 3.59. The van der Waals surface area contributed by atoms with Crippen molar-refractivity contribution in [1.82, 2.24) is 4.31 Å². The van der Waals surface area contributed by atoms with E-state index in [1.807, 2.05) is 12.1 Å². The van der Waals surface area contributed by atoms with Crippen molar-refractivity contribution in [1.29, 1.82) is 0 Å². The van der Waals surface area contributed by atoms with E-state index in [4.69, 9.17) is 10.2 Å². The van der Waals surface area contributed by atoms with Gasteiger partial charge in [0.2, 0.25) is 0 Å². The third-order valence-electron chi connectivity index (χ3n) is 3.80. The van der Waals surface area contributed by atoms with Gasteiger partial charge >= 0.3 is 0 Å². The first kappa shape index (κ1) is 14.6. The minimum atomic E-state index is -3.51. The van der Waals surface area contributed by atoms with Crippen LogP contribution in [0.4, 0.5) is 5.69 Å². The second-order valence-corrected chi connectivity index (χ2v) is 8.77. The molecule has 2 unspecified atom stereocenters. The van der Waals surface area contributed by atoms with Crippen LogP contribution in [0.3, 0.4) is 0 Å². The van der Waals surface area contributed by atoms with Gasteiger partial charge in [-0.15, -0.1) is 11.3 Å². The zero-order chi connectivity index (χ0) is 15.2. The summed E-state index contributed by atoms with van der Waals surface area (Å²) in [6, 6.07) is 5.29. The number of hydrogen-bond donors (Lipinski definition) is 1. The second-order valence-electron chi connectivity index (χ2n) is 5.58. The first-order chi connectivity index (χ1) is 9.88. The van der Waals surface area contributed by atoms with Gasteiger partial charge in [0, 0.05) is 24.0 Å². The van der Waals surface area contributed by atoms with Gasteiger partial charge in [-0.05, 0) is 30.5 Å². The summed E-state index contributed by atoms with van der Waals surface area (Å²) < 4.78 is 32.1. The largest absolute Gasteiger partial charge is 0.464 e. The number of rotatable bonds is 5. The summed E-state index contributed by atoms with van der Waals surface area (Å²) in [4.78, 5) is 0. The monoisotopic (exact) mass is 326 g/mol. The van der Waals surface area contributed by atoms with Crippen molar-refractivity contribution in [3.63, 3.8) is 0 Å². The molecule has 2 heterocycles. The van der Waals surface area contributed by atoms with E-state index in [9.17, 15) is 8.42 Å². The van der Waals surface area contributed by atoms with Gasteiger partial charge in [0.25, 0.3) is 10.0 Å². The molecule has 3 rings (SSSR count). The van der Waals surface area contributed by atoms with Crippen LogP contribution in [0.5, 0.6) is 0 Å². The summed E-state index contributed by atoms with van der Waals surface area (Å²) in [6.45, 7) is 2.41. The van der Waals surface area contributed by atoms with Crippen LogP contribution in [-0.4, -0.2) is 19.8 Å². The maximum absolute atomic E-state index is 12.4. The predicted molar refractivity (Wildman–Crippen MR) is 82.6 cm³/mol. The fourth-order valence-electron chi connectivity index (χ4n) is 2.32. The fourth-order valence-corrected chi connectivity index (χ4v) is 4.75. The molecular formula is C14H18N2O3S2. The van der Waals surface area contributed by atoms with E-state index in [1.54, 1.807) is 12.4 Å². The topological polar surface area (TPSA) is 76.5 Å². The molecule has 0 bridgehead atoms. The van der Waals surface area contributed by atoms with Crippen LogP contribution in [0.25, 0.3) is 0 Å². The van der Waals surface area contributed by atoms with Crippen molar-refractivity contribution < 1.29 is 12.8 Å². The van der Waals surface area contributed by atoms with Crippen LogP contribution in [0.2, 0.25) is 0 Å². The van der Waals surface area contributed by atoms with Crippen molar-refractivity contribution in [3.05, 3.63) is 35.1 Å². The molecule has 7 heteroatoms. The molecule has 1 fully saturated rings. The zero-order valence-electron chi connectivity index (χ0n) is 11.9. The number of hydrogen-bond acceptors (Lipinski definition) is 5. The first-order valence-electron chi connectivity index (χ1n) is 6.77. The van der Waals surface area contributed by atoms with E-state index in [0.29, 0.717) is 23.3 Å².